The molecule has 8 heteroatoms. The zero-order chi connectivity index (χ0) is 14.3. The molecule has 1 fully saturated rings. The molecule has 3 unspecified atom stereocenters. The fourth-order valence-electron chi connectivity index (χ4n) is 2.67. The maximum Gasteiger partial charge on any atom is 0.167 e. The van der Waals surface area contributed by atoms with Gasteiger partial charge in [0.15, 0.2) is 11.5 Å². The van der Waals surface area contributed by atoms with E-state index in [1.165, 1.54) is 6.33 Å². The second kappa shape index (κ2) is 4.97. The van der Waals surface area contributed by atoms with E-state index in [2.05, 4.69) is 19.9 Å². The smallest absolute Gasteiger partial charge is 0.167 e. The van der Waals surface area contributed by atoms with Gasteiger partial charge in [0.05, 0.1) is 19.0 Å². The van der Waals surface area contributed by atoms with Gasteiger partial charge in [-0.1, -0.05) is 0 Å². The van der Waals surface area contributed by atoms with Crippen LogP contribution in [0.25, 0.3) is 11.2 Å². The summed E-state index contributed by atoms with van der Waals surface area (Å²) < 4.78 is 7.75. The Labute approximate surface area is 116 Å². The van der Waals surface area contributed by atoms with Crippen LogP contribution in [0.4, 0.5) is 5.82 Å². The van der Waals surface area contributed by atoms with E-state index in [9.17, 15) is 5.11 Å². The van der Waals surface area contributed by atoms with Crippen molar-refractivity contribution >= 4 is 17.0 Å². The van der Waals surface area contributed by atoms with Gasteiger partial charge in [-0.25, -0.2) is 15.0 Å². The second-order valence-corrected chi connectivity index (χ2v) is 5.16. The average molecular weight is 278 g/mol. The molecule has 1 aliphatic heterocycles. The third-order valence-corrected chi connectivity index (χ3v) is 3.74. The summed E-state index contributed by atoms with van der Waals surface area (Å²) in [6.45, 7) is -0.0108. The van der Waals surface area contributed by atoms with Crippen molar-refractivity contribution in [3.05, 3.63) is 12.7 Å². The average Bonchev–Trinajstić information content (AvgIpc) is 3.02. The Morgan fingerprint density at radius 2 is 2.25 bits per heavy atom. The van der Waals surface area contributed by atoms with E-state index in [0.29, 0.717) is 17.0 Å². The predicted octanol–water partition coefficient (Wildman–Crippen LogP) is -0.381. The molecule has 8 nitrogen and oxygen atoms in total. The Kier molecular flexibility index (Phi) is 3.28. The Morgan fingerprint density at radius 1 is 1.45 bits per heavy atom. The lowest BCUT2D eigenvalue weighted by atomic mass is 10.1. The van der Waals surface area contributed by atoms with Gasteiger partial charge in [0, 0.05) is 12.5 Å². The number of aromatic nitrogens is 4. The van der Waals surface area contributed by atoms with Crippen molar-refractivity contribution in [2.45, 2.75) is 24.8 Å². The van der Waals surface area contributed by atoms with Crippen molar-refractivity contribution in [2.75, 3.05) is 26.4 Å². The molecular formula is C12H18N6O2. The number of rotatable bonds is 3. The number of likely N-dealkylation sites (N-methyl/N-ethyl adjacent to an activating group) is 1. The summed E-state index contributed by atoms with van der Waals surface area (Å²) >= 11 is 0. The number of hydrogen-bond acceptors (Lipinski definition) is 7. The van der Waals surface area contributed by atoms with Crippen molar-refractivity contribution in [2.24, 2.45) is 0 Å². The maximum absolute atomic E-state index is 9.44. The second-order valence-electron chi connectivity index (χ2n) is 5.16. The Bertz CT molecular complexity index is 613. The fourth-order valence-corrected chi connectivity index (χ4v) is 2.67. The summed E-state index contributed by atoms with van der Waals surface area (Å²) in [5.41, 5.74) is 7.01. The number of aliphatic hydroxyl groups excluding tert-OH is 1. The third kappa shape index (κ3) is 2.01. The molecule has 20 heavy (non-hydrogen) atoms. The lowest BCUT2D eigenvalue weighted by molar-refractivity contribution is -0.0319. The van der Waals surface area contributed by atoms with Crippen LogP contribution in [0.1, 0.15) is 12.6 Å². The molecule has 3 heterocycles. The number of ether oxygens (including phenoxy) is 1. The Morgan fingerprint density at radius 3 is 2.90 bits per heavy atom. The van der Waals surface area contributed by atoms with Gasteiger partial charge in [-0.15, -0.1) is 0 Å². The van der Waals surface area contributed by atoms with Gasteiger partial charge >= 0.3 is 0 Å². The van der Waals surface area contributed by atoms with Gasteiger partial charge in [0.1, 0.15) is 18.1 Å². The highest BCUT2D eigenvalue weighted by Crippen LogP contribution is 2.32. The van der Waals surface area contributed by atoms with Crippen LogP contribution in [0.2, 0.25) is 0 Å². The molecule has 0 aliphatic carbocycles. The summed E-state index contributed by atoms with van der Waals surface area (Å²) in [7, 11) is 3.95. The number of fused-ring (bicyclic) bond motifs is 1. The number of nitrogens with two attached hydrogens (primary N) is 1. The van der Waals surface area contributed by atoms with Gasteiger partial charge in [-0.3, -0.25) is 4.57 Å². The maximum atomic E-state index is 9.44. The number of imidazole rings is 1. The van der Waals surface area contributed by atoms with E-state index in [4.69, 9.17) is 10.5 Å². The molecule has 0 bridgehead atoms. The van der Waals surface area contributed by atoms with Crippen LogP contribution in [0, 0.1) is 0 Å². The van der Waals surface area contributed by atoms with Crippen LogP contribution in [-0.2, 0) is 4.74 Å². The molecule has 0 amide bonds. The fraction of sp³-hybridized carbons (Fsp3) is 0.583. The first-order valence-electron chi connectivity index (χ1n) is 6.47. The molecule has 1 aliphatic rings. The minimum Gasteiger partial charge on any atom is -0.394 e. The van der Waals surface area contributed by atoms with Crippen molar-refractivity contribution in [3.8, 4) is 0 Å². The van der Waals surface area contributed by atoms with Crippen molar-refractivity contribution in [1.29, 1.82) is 0 Å². The quantitative estimate of drug-likeness (QED) is 0.788. The largest absolute Gasteiger partial charge is 0.394 e. The molecule has 108 valence electrons. The molecule has 2 aromatic rings. The standard InChI is InChI=1S/C12H18N6O2/c1-17(2)7-3-9(20-8(7)4-19)18-6-16-10-11(13)14-5-15-12(10)18/h5-9,19H,3-4H2,1-2H3,(H2,13,14,15). The van der Waals surface area contributed by atoms with Crippen molar-refractivity contribution < 1.29 is 9.84 Å². The molecule has 0 aromatic carbocycles. The van der Waals surface area contributed by atoms with Gasteiger partial charge in [-0.05, 0) is 14.1 Å². The lowest BCUT2D eigenvalue weighted by Crippen LogP contribution is -2.37. The van der Waals surface area contributed by atoms with Crippen LogP contribution in [-0.4, -0.2) is 62.4 Å². The minimum atomic E-state index is -0.216. The first kappa shape index (κ1) is 13.2. The number of nitrogens with zero attached hydrogens (tertiary/aromatic N) is 5. The summed E-state index contributed by atoms with van der Waals surface area (Å²) in [6.07, 6.45) is 3.41. The normalized spacial score (nSPS) is 26.7. The molecule has 0 radical (unpaired) electrons. The predicted molar refractivity (Wildman–Crippen MR) is 72.8 cm³/mol. The molecule has 3 atom stereocenters. The molecule has 0 saturated carbocycles. The first-order valence-corrected chi connectivity index (χ1v) is 6.47. The monoisotopic (exact) mass is 278 g/mol. The molecule has 2 aromatic heterocycles. The summed E-state index contributed by atoms with van der Waals surface area (Å²) in [5, 5.41) is 9.44. The van der Waals surface area contributed by atoms with Crippen LogP contribution >= 0.6 is 0 Å². The zero-order valence-electron chi connectivity index (χ0n) is 11.5. The van der Waals surface area contributed by atoms with E-state index in [0.717, 1.165) is 6.42 Å². The molecule has 3 N–H and O–H groups in total. The van der Waals surface area contributed by atoms with E-state index in [1.54, 1.807) is 6.33 Å². The molecule has 0 spiro atoms. The SMILES string of the molecule is CN(C)C1CC(n2cnc3c(N)ncnc32)OC1CO. The van der Waals surface area contributed by atoms with Gasteiger partial charge in [-0.2, -0.15) is 0 Å². The Hall–Kier alpha value is -1.77. The van der Waals surface area contributed by atoms with Crippen LogP contribution in [0.3, 0.4) is 0 Å². The summed E-state index contributed by atoms with van der Waals surface area (Å²) in [6, 6.07) is 0.154. The van der Waals surface area contributed by atoms with Gasteiger partial charge < -0.3 is 20.5 Å². The number of aliphatic hydroxyl groups is 1. The highest BCUT2D eigenvalue weighted by molar-refractivity contribution is 5.81. The molecular weight excluding hydrogens is 260 g/mol. The van der Waals surface area contributed by atoms with E-state index in [1.807, 2.05) is 18.7 Å². The third-order valence-electron chi connectivity index (χ3n) is 3.74. The van der Waals surface area contributed by atoms with Crippen molar-refractivity contribution in [1.82, 2.24) is 24.4 Å². The van der Waals surface area contributed by atoms with E-state index >= 15 is 0 Å². The number of hydrogen-bond donors (Lipinski definition) is 2. The topological polar surface area (TPSA) is 102 Å². The van der Waals surface area contributed by atoms with E-state index < -0.39 is 0 Å². The zero-order valence-corrected chi connectivity index (χ0v) is 11.5. The van der Waals surface area contributed by atoms with E-state index in [-0.39, 0.29) is 25.0 Å². The Balaban J connectivity index is 1.95. The number of anilines is 1. The lowest BCUT2D eigenvalue weighted by Gasteiger charge is -2.22. The van der Waals surface area contributed by atoms with Crippen LogP contribution in [0.5, 0.6) is 0 Å². The summed E-state index contributed by atoms with van der Waals surface area (Å²) in [5.74, 6) is 0.356. The molecule has 3 rings (SSSR count). The summed E-state index contributed by atoms with van der Waals surface area (Å²) in [4.78, 5) is 14.4. The minimum absolute atomic E-state index is 0.0108. The van der Waals surface area contributed by atoms with Crippen LogP contribution < -0.4 is 5.73 Å². The first-order chi connectivity index (χ1) is 9.61. The highest BCUT2D eigenvalue weighted by atomic mass is 16.5. The van der Waals surface area contributed by atoms with Gasteiger partial charge in [0.2, 0.25) is 0 Å². The molecule has 1 saturated heterocycles. The number of nitrogen functional groups attached to an aromatic ring is 1. The van der Waals surface area contributed by atoms with Gasteiger partial charge in [0.25, 0.3) is 0 Å². The van der Waals surface area contributed by atoms with Crippen LogP contribution in [0.15, 0.2) is 12.7 Å². The van der Waals surface area contributed by atoms with Crippen molar-refractivity contribution in [3.63, 3.8) is 0 Å². The highest BCUT2D eigenvalue weighted by Gasteiger charge is 2.37.